The van der Waals surface area contributed by atoms with Gasteiger partial charge in [-0.25, -0.2) is 18.0 Å². The molecule has 1 atom stereocenters. The maximum atomic E-state index is 12.1. The van der Waals surface area contributed by atoms with E-state index in [1.165, 1.54) is 0 Å². The zero-order chi connectivity index (χ0) is 24.0. The van der Waals surface area contributed by atoms with E-state index in [9.17, 15) is 22.8 Å². The third kappa shape index (κ3) is 6.55. The van der Waals surface area contributed by atoms with Crippen LogP contribution in [0.5, 0.6) is 0 Å². The van der Waals surface area contributed by atoms with Gasteiger partial charge in [0, 0.05) is 25.1 Å². The van der Waals surface area contributed by atoms with Crippen molar-refractivity contribution >= 4 is 27.8 Å². The van der Waals surface area contributed by atoms with Crippen LogP contribution in [-0.4, -0.2) is 62.7 Å². The summed E-state index contributed by atoms with van der Waals surface area (Å²) in [4.78, 5) is 35.3. The quantitative estimate of drug-likeness (QED) is 0.478. The molecule has 10 heteroatoms. The Labute approximate surface area is 192 Å². The van der Waals surface area contributed by atoms with E-state index in [2.05, 4.69) is 10.6 Å². The maximum absolute atomic E-state index is 12.1. The van der Waals surface area contributed by atoms with Crippen LogP contribution in [0.3, 0.4) is 0 Å². The molecule has 0 radical (unpaired) electrons. The first-order valence-corrected chi connectivity index (χ1v) is 12.5. The number of aliphatic carboxylic acids is 1. The van der Waals surface area contributed by atoms with Gasteiger partial charge in [-0.05, 0) is 28.7 Å². The molecule has 2 aromatic rings. The van der Waals surface area contributed by atoms with Crippen molar-refractivity contribution < 1.29 is 32.6 Å². The van der Waals surface area contributed by atoms with Crippen molar-refractivity contribution in [3.8, 4) is 11.1 Å². The lowest BCUT2D eigenvalue weighted by atomic mass is 9.98. The molecule has 0 saturated heterocycles. The second-order valence-electron chi connectivity index (χ2n) is 7.88. The summed E-state index contributed by atoms with van der Waals surface area (Å²) in [6.45, 7) is 0.0829. The Bertz CT molecular complexity index is 1100. The first kappa shape index (κ1) is 24.2. The lowest BCUT2D eigenvalue weighted by molar-refractivity contribution is -0.141. The van der Waals surface area contributed by atoms with Gasteiger partial charge in [0.05, 0.1) is 5.75 Å². The molecule has 9 nitrogen and oxygen atoms in total. The number of nitrogens with one attached hydrogen (secondary N) is 2. The number of carbonyl (C=O) groups is 3. The van der Waals surface area contributed by atoms with Crippen LogP contribution in [-0.2, 0) is 24.2 Å². The topological polar surface area (TPSA) is 139 Å². The van der Waals surface area contributed by atoms with E-state index in [0.717, 1.165) is 28.5 Å². The van der Waals surface area contributed by atoms with Crippen LogP contribution in [0.2, 0.25) is 0 Å². The Morgan fingerprint density at radius 2 is 1.61 bits per heavy atom. The van der Waals surface area contributed by atoms with Crippen LogP contribution < -0.4 is 10.6 Å². The van der Waals surface area contributed by atoms with Gasteiger partial charge in [0.2, 0.25) is 5.91 Å². The third-order valence-corrected chi connectivity index (χ3v) is 6.35. The molecule has 1 aliphatic carbocycles. The Balaban J connectivity index is 1.46. The van der Waals surface area contributed by atoms with E-state index in [1.807, 2.05) is 48.5 Å². The molecule has 0 heterocycles. The van der Waals surface area contributed by atoms with Crippen LogP contribution in [0, 0.1) is 0 Å². The van der Waals surface area contributed by atoms with Crippen molar-refractivity contribution in [2.24, 2.45) is 0 Å². The molecule has 0 aromatic heterocycles. The molecule has 176 valence electrons. The van der Waals surface area contributed by atoms with Crippen molar-refractivity contribution in [2.45, 2.75) is 24.8 Å². The van der Waals surface area contributed by atoms with E-state index >= 15 is 0 Å². The first-order valence-electron chi connectivity index (χ1n) is 10.4. The fourth-order valence-corrected chi connectivity index (χ4v) is 4.45. The normalized spacial score (nSPS) is 13.5. The number of benzene rings is 2. The summed E-state index contributed by atoms with van der Waals surface area (Å²) in [5, 5.41) is 13.9. The summed E-state index contributed by atoms with van der Waals surface area (Å²) in [5.74, 6) is -2.38. The van der Waals surface area contributed by atoms with Gasteiger partial charge in [0.25, 0.3) is 0 Å². The van der Waals surface area contributed by atoms with Gasteiger partial charge in [-0.1, -0.05) is 48.5 Å². The lowest BCUT2D eigenvalue weighted by Crippen LogP contribution is -2.43. The van der Waals surface area contributed by atoms with Gasteiger partial charge in [-0.2, -0.15) is 0 Å². The Morgan fingerprint density at radius 3 is 2.15 bits per heavy atom. The number of hydrogen-bond donors (Lipinski definition) is 3. The zero-order valence-electron chi connectivity index (χ0n) is 18.1. The number of fused-ring (bicyclic) bond motifs is 3. The summed E-state index contributed by atoms with van der Waals surface area (Å²) in [7, 11) is -3.36. The van der Waals surface area contributed by atoms with E-state index in [-0.39, 0.29) is 37.7 Å². The number of carbonyl (C=O) groups excluding carboxylic acids is 2. The molecule has 0 bridgehead atoms. The minimum absolute atomic E-state index is 0.0546. The van der Waals surface area contributed by atoms with Crippen molar-refractivity contribution in [3.05, 3.63) is 59.7 Å². The predicted octanol–water partition coefficient (Wildman–Crippen LogP) is 1.92. The molecule has 2 aromatic carbocycles. The largest absolute Gasteiger partial charge is 0.480 e. The minimum Gasteiger partial charge on any atom is -0.480 e. The van der Waals surface area contributed by atoms with Crippen LogP contribution in [0.15, 0.2) is 48.5 Å². The molecular weight excluding hydrogens is 448 g/mol. The van der Waals surface area contributed by atoms with E-state index in [0.29, 0.717) is 0 Å². The third-order valence-electron chi connectivity index (χ3n) is 5.38. The summed E-state index contributed by atoms with van der Waals surface area (Å²) < 4.78 is 27.8. The van der Waals surface area contributed by atoms with E-state index in [1.54, 1.807) is 0 Å². The van der Waals surface area contributed by atoms with Gasteiger partial charge in [-0.3, -0.25) is 4.79 Å². The highest BCUT2D eigenvalue weighted by atomic mass is 32.2. The van der Waals surface area contributed by atoms with Crippen molar-refractivity contribution in [2.75, 3.05) is 25.2 Å². The van der Waals surface area contributed by atoms with Gasteiger partial charge < -0.3 is 20.5 Å². The molecule has 0 fully saturated rings. The molecule has 33 heavy (non-hydrogen) atoms. The number of carboxylic acid groups (broad SMARTS) is 1. The fourth-order valence-electron chi connectivity index (χ4n) is 3.78. The number of ether oxygens (including phenoxy) is 1. The van der Waals surface area contributed by atoms with Crippen molar-refractivity contribution in [1.82, 2.24) is 10.6 Å². The number of sulfone groups is 1. The predicted molar refractivity (Wildman–Crippen MR) is 122 cm³/mol. The van der Waals surface area contributed by atoms with Crippen molar-refractivity contribution in [1.29, 1.82) is 0 Å². The highest BCUT2D eigenvalue weighted by molar-refractivity contribution is 7.90. The average molecular weight is 475 g/mol. The van der Waals surface area contributed by atoms with Crippen LogP contribution >= 0.6 is 0 Å². The Hall–Kier alpha value is -3.40. The molecule has 0 spiro atoms. The highest BCUT2D eigenvalue weighted by Crippen LogP contribution is 2.44. The fraction of sp³-hybridized carbons (Fsp3) is 0.348. The molecule has 1 aliphatic rings. The summed E-state index contributed by atoms with van der Waals surface area (Å²) in [6.07, 6.45) is -0.102. The monoisotopic (exact) mass is 474 g/mol. The Kier molecular flexibility index (Phi) is 7.70. The SMILES string of the molecule is CS(=O)(=O)CCC(NC(=O)CCNC(=O)OCC1c2ccccc2-c2ccccc21)C(=O)O. The standard InChI is InChI=1S/C23H26N2O7S/c1-33(30,31)13-11-20(22(27)28)25-21(26)10-12-24-23(29)32-14-19-17-8-4-2-6-15(17)16-7-3-5-9-18(16)19/h2-9,19-20H,10-14H2,1H3,(H,24,29)(H,25,26)(H,27,28). The molecular formula is C23H26N2O7S. The average Bonchev–Trinajstić information content (AvgIpc) is 3.08. The second kappa shape index (κ2) is 10.5. The number of carboxylic acids is 1. The van der Waals surface area contributed by atoms with Crippen LogP contribution in [0.25, 0.3) is 11.1 Å². The molecule has 2 amide bonds. The lowest BCUT2D eigenvalue weighted by Gasteiger charge is -2.15. The maximum Gasteiger partial charge on any atom is 0.407 e. The van der Waals surface area contributed by atoms with Crippen LogP contribution in [0.1, 0.15) is 29.9 Å². The number of rotatable bonds is 10. The van der Waals surface area contributed by atoms with E-state index < -0.39 is 33.8 Å². The van der Waals surface area contributed by atoms with Gasteiger partial charge in [0.1, 0.15) is 22.5 Å². The van der Waals surface area contributed by atoms with Gasteiger partial charge in [-0.15, -0.1) is 0 Å². The smallest absolute Gasteiger partial charge is 0.407 e. The summed E-state index contributed by atoms with van der Waals surface area (Å²) in [5.41, 5.74) is 4.39. The first-order chi connectivity index (χ1) is 15.7. The minimum atomic E-state index is -3.36. The summed E-state index contributed by atoms with van der Waals surface area (Å²) >= 11 is 0. The molecule has 3 N–H and O–H groups in total. The van der Waals surface area contributed by atoms with Crippen molar-refractivity contribution in [3.63, 3.8) is 0 Å². The van der Waals surface area contributed by atoms with Gasteiger partial charge >= 0.3 is 12.1 Å². The Morgan fingerprint density at radius 1 is 1.03 bits per heavy atom. The molecule has 0 aliphatic heterocycles. The summed E-state index contributed by atoms with van der Waals surface area (Å²) in [6, 6.07) is 14.6. The number of hydrogen-bond acceptors (Lipinski definition) is 6. The zero-order valence-corrected chi connectivity index (χ0v) is 18.9. The van der Waals surface area contributed by atoms with E-state index in [4.69, 9.17) is 9.84 Å². The second-order valence-corrected chi connectivity index (χ2v) is 10.1. The number of alkyl carbamates (subject to hydrolysis) is 1. The van der Waals surface area contributed by atoms with Crippen LogP contribution in [0.4, 0.5) is 4.79 Å². The van der Waals surface area contributed by atoms with Gasteiger partial charge in [0.15, 0.2) is 0 Å². The molecule has 3 rings (SSSR count). The molecule has 0 saturated carbocycles. The number of amides is 2. The highest BCUT2D eigenvalue weighted by Gasteiger charge is 2.29. The molecule has 1 unspecified atom stereocenters.